The molecule has 3 nitrogen and oxygen atoms in total. The molecule has 1 unspecified atom stereocenters. The largest absolute Gasteiger partial charge is 0.397 e. The van der Waals surface area contributed by atoms with Crippen molar-refractivity contribution in [2.75, 3.05) is 19.7 Å². The van der Waals surface area contributed by atoms with Crippen LogP contribution in [0.1, 0.15) is 97.8 Å². The Balaban J connectivity index is 0. The highest BCUT2D eigenvalue weighted by molar-refractivity contribution is 7.35. The van der Waals surface area contributed by atoms with Crippen molar-refractivity contribution >= 4 is 17.9 Å². The molecule has 2 N–H and O–H groups in total. The van der Waals surface area contributed by atoms with Gasteiger partial charge < -0.3 is 5.11 Å². The van der Waals surface area contributed by atoms with E-state index in [0.29, 0.717) is 0 Å². The predicted molar refractivity (Wildman–Crippen MR) is 109 cm³/mol. The minimum absolute atomic E-state index is 0.250. The number of nitrogens with zero attached hydrogens (tertiary/aromatic N) is 1. The first-order valence-electron chi connectivity index (χ1n) is 9.78. The lowest BCUT2D eigenvalue weighted by molar-refractivity contribution is -0.505. The van der Waals surface area contributed by atoms with E-state index in [-0.39, 0.29) is 6.61 Å². The lowest BCUT2D eigenvalue weighted by Gasteiger charge is -2.04. The summed E-state index contributed by atoms with van der Waals surface area (Å²) in [7, 11) is 3.89. The topological polar surface area (TPSA) is 35.3 Å². The van der Waals surface area contributed by atoms with Gasteiger partial charge in [0.05, 0.1) is 0 Å². The molecular weight excluding hydrogens is 322 g/mol. The summed E-state index contributed by atoms with van der Waals surface area (Å²) in [5, 5.41) is 7.57. The zero-order valence-corrected chi connectivity index (χ0v) is 18.1. The molecule has 5 heteroatoms. The normalized spacial score (nSPS) is 10.5. The van der Waals surface area contributed by atoms with E-state index in [4.69, 9.17) is 5.11 Å². The molecule has 0 aromatic rings. The Hall–Kier alpha value is 0.450. The maximum atomic E-state index is 7.57. The van der Waals surface area contributed by atoms with Gasteiger partial charge in [-0.2, -0.15) is 4.86 Å². The third kappa shape index (κ3) is 24.8. The van der Waals surface area contributed by atoms with Crippen LogP contribution in [-0.2, 0) is 0 Å². The Morgan fingerprint density at radius 1 is 0.739 bits per heavy atom. The maximum absolute atomic E-state index is 7.57. The first-order chi connectivity index (χ1) is 11.3. The Morgan fingerprint density at radius 2 is 1.09 bits per heavy atom. The molecular formula is C18H43N2OP2+. The average Bonchev–Trinajstić information content (AvgIpc) is 2.54. The summed E-state index contributed by atoms with van der Waals surface area (Å²) in [6.07, 6.45) is 16.7. The van der Waals surface area contributed by atoms with Gasteiger partial charge in [-0.05, 0) is 19.8 Å². The molecule has 0 heterocycles. The quantitative estimate of drug-likeness (QED) is 0.270. The third-order valence-corrected chi connectivity index (χ3v) is 4.88. The molecule has 0 spiro atoms. The number of aliphatic hydroxyl groups excluding tert-OH is 1. The fourth-order valence-electron chi connectivity index (χ4n) is 2.44. The van der Waals surface area contributed by atoms with Gasteiger partial charge in [-0.15, -0.1) is 0 Å². The van der Waals surface area contributed by atoms with Gasteiger partial charge in [0.2, 0.25) is 0 Å². The number of nitrogens with one attached hydrogen (secondary N) is 1. The molecule has 0 bridgehead atoms. The summed E-state index contributed by atoms with van der Waals surface area (Å²) in [4.78, 5) is 3.21. The minimum Gasteiger partial charge on any atom is -0.397 e. The molecule has 1 atom stereocenters. The minimum atomic E-state index is 0.250. The molecule has 0 saturated heterocycles. The van der Waals surface area contributed by atoms with Crippen LogP contribution in [0.5, 0.6) is 0 Å². The van der Waals surface area contributed by atoms with Crippen molar-refractivity contribution in [3.05, 3.63) is 0 Å². The van der Waals surface area contributed by atoms with Gasteiger partial charge in [0.1, 0.15) is 13.1 Å². The number of unbranched alkanes of at least 4 members (excludes halogenated alkanes) is 10. The van der Waals surface area contributed by atoms with Gasteiger partial charge in [0.15, 0.2) is 0 Å². The van der Waals surface area contributed by atoms with E-state index in [1.54, 1.807) is 6.92 Å². The molecule has 0 aliphatic heterocycles. The molecule has 0 aliphatic rings. The van der Waals surface area contributed by atoms with Crippen LogP contribution in [-0.4, -0.2) is 29.1 Å². The van der Waals surface area contributed by atoms with Crippen LogP contribution in [0.4, 0.5) is 0 Å². The van der Waals surface area contributed by atoms with Crippen LogP contribution >= 0.6 is 17.9 Å². The second-order valence-electron chi connectivity index (χ2n) is 6.03. The van der Waals surface area contributed by atoms with Crippen LogP contribution in [0.2, 0.25) is 0 Å². The van der Waals surface area contributed by atoms with Gasteiger partial charge in [-0.3, -0.25) is 0 Å². The van der Waals surface area contributed by atoms with E-state index in [2.05, 4.69) is 32.4 Å². The molecule has 0 fully saturated rings. The van der Waals surface area contributed by atoms with Crippen molar-refractivity contribution in [1.82, 2.24) is 4.86 Å². The first-order valence-corrected chi connectivity index (χ1v) is 11.2. The molecule has 0 amide bonds. The lowest BCUT2D eigenvalue weighted by Crippen LogP contribution is -2.11. The van der Waals surface area contributed by atoms with E-state index >= 15 is 0 Å². The summed E-state index contributed by atoms with van der Waals surface area (Å²) >= 11 is 0. The zero-order chi connectivity index (χ0) is 17.6. The van der Waals surface area contributed by atoms with E-state index in [1.807, 2.05) is 0 Å². The van der Waals surface area contributed by atoms with Crippen LogP contribution in [0.15, 0.2) is 0 Å². The summed E-state index contributed by atoms with van der Waals surface area (Å²) in [6.45, 7) is 9.01. The monoisotopic (exact) mass is 365 g/mol. The summed E-state index contributed by atoms with van der Waals surface area (Å²) < 4.78 is 2.55. The van der Waals surface area contributed by atoms with Gasteiger partial charge >= 0.3 is 8.52 Å². The van der Waals surface area contributed by atoms with Crippen molar-refractivity contribution in [3.63, 3.8) is 0 Å². The highest BCUT2D eigenvalue weighted by Gasteiger charge is 2.04. The second kappa shape index (κ2) is 24.7. The number of hydrogen-bond acceptors (Lipinski definition) is 1. The van der Waals surface area contributed by atoms with Crippen LogP contribution in [0.3, 0.4) is 0 Å². The van der Waals surface area contributed by atoms with E-state index < -0.39 is 0 Å². The number of hydrogen-bond donors (Lipinski definition) is 2. The number of rotatable bonds is 15. The fourth-order valence-corrected chi connectivity index (χ4v) is 3.58. The van der Waals surface area contributed by atoms with E-state index in [9.17, 15) is 0 Å². The highest BCUT2D eigenvalue weighted by Crippen LogP contribution is 2.09. The van der Waals surface area contributed by atoms with E-state index in [1.165, 1.54) is 98.7 Å². The van der Waals surface area contributed by atoms with Crippen molar-refractivity contribution < 1.29 is 9.43 Å². The standard InChI is InChI=1S/C16H36N2P2.C2H6O/c1-3-5-7-9-11-13-15-18(20-17-19)16-14-12-10-8-6-4-2;1-2-3/h3-16,19H2,1-2H3;3H,2H2,1H3/p+1. The summed E-state index contributed by atoms with van der Waals surface area (Å²) in [5.41, 5.74) is 0. The molecule has 0 aromatic carbocycles. The molecule has 23 heavy (non-hydrogen) atoms. The molecule has 0 aromatic heterocycles. The lowest BCUT2D eigenvalue weighted by atomic mass is 10.1. The Morgan fingerprint density at radius 3 is 1.43 bits per heavy atom. The van der Waals surface area contributed by atoms with Crippen molar-refractivity contribution in [2.45, 2.75) is 97.8 Å². The SMILES string of the molecule is CCCCCCCC[N+](CCCCCCCC)=PNP.CCO. The average molecular weight is 366 g/mol. The smallest absolute Gasteiger partial charge is 0.308 e. The van der Waals surface area contributed by atoms with Crippen LogP contribution in [0, 0.1) is 0 Å². The van der Waals surface area contributed by atoms with Gasteiger partial charge in [0, 0.05) is 19.4 Å². The van der Waals surface area contributed by atoms with Crippen LogP contribution < -0.4 is 4.86 Å². The van der Waals surface area contributed by atoms with Gasteiger partial charge in [0.25, 0.3) is 0 Å². The Labute approximate surface area is 150 Å². The van der Waals surface area contributed by atoms with Gasteiger partial charge in [-0.25, -0.2) is 4.33 Å². The molecule has 0 rings (SSSR count). The molecule has 0 aliphatic carbocycles. The highest BCUT2D eigenvalue weighted by atomic mass is 31.1. The Kier molecular flexibility index (Phi) is 27.6. The summed E-state index contributed by atoms with van der Waals surface area (Å²) in [5.74, 6) is 0. The van der Waals surface area contributed by atoms with Crippen molar-refractivity contribution in [3.8, 4) is 0 Å². The first kappa shape index (κ1) is 25.7. The summed E-state index contributed by atoms with van der Waals surface area (Å²) in [6, 6.07) is 0. The molecule has 0 saturated carbocycles. The van der Waals surface area contributed by atoms with Crippen molar-refractivity contribution in [2.24, 2.45) is 0 Å². The Bertz CT molecular complexity index is 221. The third-order valence-electron chi connectivity index (χ3n) is 3.74. The van der Waals surface area contributed by atoms with Crippen molar-refractivity contribution in [1.29, 1.82) is 0 Å². The van der Waals surface area contributed by atoms with Crippen LogP contribution in [0.25, 0.3) is 0 Å². The molecule has 140 valence electrons. The fraction of sp³-hybridized carbons (Fsp3) is 1.00. The predicted octanol–water partition coefficient (Wildman–Crippen LogP) is 6.14. The van der Waals surface area contributed by atoms with Gasteiger partial charge in [-0.1, -0.05) is 74.6 Å². The van der Waals surface area contributed by atoms with E-state index in [0.717, 1.165) is 0 Å². The number of aliphatic hydroxyl groups is 1. The zero-order valence-electron chi connectivity index (χ0n) is 16.0. The molecule has 0 radical (unpaired) electrons. The second-order valence-corrected chi connectivity index (χ2v) is 7.83. The maximum Gasteiger partial charge on any atom is 0.308 e.